The van der Waals surface area contributed by atoms with Crippen molar-refractivity contribution >= 4 is 32.7 Å². The lowest BCUT2D eigenvalue weighted by Crippen LogP contribution is -2.50. The lowest BCUT2D eigenvalue weighted by molar-refractivity contribution is 0.0691. The van der Waals surface area contributed by atoms with Gasteiger partial charge in [0.25, 0.3) is 21.8 Å². The molecule has 0 unspecified atom stereocenters. The zero-order valence-electron chi connectivity index (χ0n) is 18.2. The number of carbonyl (C=O) groups excluding carboxylic acids is 2. The number of hydrogen-bond acceptors (Lipinski definition) is 5. The number of primary amides is 1. The highest BCUT2D eigenvalue weighted by atomic mass is 32.2. The second kappa shape index (κ2) is 7.79. The molecule has 10 heteroatoms. The lowest BCUT2D eigenvalue weighted by Gasteiger charge is -2.33. The number of nitrogens with two attached hydrogens (primary N) is 1. The summed E-state index contributed by atoms with van der Waals surface area (Å²) in [4.78, 5) is 29.0. The highest BCUT2D eigenvalue weighted by Crippen LogP contribution is 2.27. The minimum atomic E-state index is -3.91. The molecule has 1 fully saturated rings. The van der Waals surface area contributed by atoms with Crippen molar-refractivity contribution in [3.63, 3.8) is 0 Å². The normalized spacial score (nSPS) is 15.9. The second-order valence-electron chi connectivity index (χ2n) is 8.91. The number of aromatic nitrogens is 1. The van der Waals surface area contributed by atoms with Crippen LogP contribution in [0.5, 0.6) is 0 Å². The number of benzene rings is 1. The van der Waals surface area contributed by atoms with Crippen LogP contribution < -0.4 is 5.73 Å². The molecule has 0 atom stereocenters. The van der Waals surface area contributed by atoms with Gasteiger partial charge in [-0.3, -0.25) is 9.59 Å². The molecule has 2 aromatic heterocycles. The maximum absolute atomic E-state index is 13.0. The maximum Gasteiger partial charge on any atom is 0.284 e. The standard InChI is InChI=1S/C22H26N4O5S/c1-22(2,3)15-5-4-14-12-17(24-16(14)13-15)21(28)25-8-10-26(11-9-25)32(29,30)19-7-6-18(31-19)20(23)27/h4-7,12-13,24H,8-11H2,1-3H3,(H2,23,27). The van der Waals surface area contributed by atoms with Gasteiger partial charge < -0.3 is 20.0 Å². The minimum Gasteiger partial charge on any atom is -0.438 e. The summed E-state index contributed by atoms with van der Waals surface area (Å²) in [5.74, 6) is -1.23. The molecular formula is C22H26N4O5S. The summed E-state index contributed by atoms with van der Waals surface area (Å²) in [6.45, 7) is 7.12. The molecule has 32 heavy (non-hydrogen) atoms. The van der Waals surface area contributed by atoms with Crippen molar-refractivity contribution in [2.24, 2.45) is 5.73 Å². The van der Waals surface area contributed by atoms with Crippen LogP contribution in [0, 0.1) is 0 Å². The molecular weight excluding hydrogens is 432 g/mol. The lowest BCUT2D eigenvalue weighted by atomic mass is 9.87. The van der Waals surface area contributed by atoms with Gasteiger partial charge in [-0.15, -0.1) is 0 Å². The molecule has 0 radical (unpaired) electrons. The summed E-state index contributed by atoms with van der Waals surface area (Å²) in [6.07, 6.45) is 0. The molecule has 4 rings (SSSR count). The number of H-pyrrole nitrogens is 1. The zero-order chi connectivity index (χ0) is 23.3. The largest absolute Gasteiger partial charge is 0.438 e. The number of nitrogens with one attached hydrogen (secondary N) is 1. The van der Waals surface area contributed by atoms with Crippen LogP contribution in [-0.4, -0.2) is 60.6 Å². The van der Waals surface area contributed by atoms with E-state index in [1.807, 2.05) is 12.1 Å². The first-order valence-electron chi connectivity index (χ1n) is 10.3. The van der Waals surface area contributed by atoms with Crippen LogP contribution in [0.3, 0.4) is 0 Å². The summed E-state index contributed by atoms with van der Waals surface area (Å²) in [6, 6.07) is 10.4. The number of hydrogen-bond donors (Lipinski definition) is 2. The Morgan fingerprint density at radius 1 is 1.03 bits per heavy atom. The molecule has 170 valence electrons. The Kier molecular flexibility index (Phi) is 5.38. The van der Waals surface area contributed by atoms with Crippen molar-refractivity contribution < 1.29 is 22.4 Å². The number of sulfonamides is 1. The molecule has 2 amide bonds. The Hall–Kier alpha value is -3.11. The first-order valence-corrected chi connectivity index (χ1v) is 11.7. The molecule has 9 nitrogen and oxygen atoms in total. The second-order valence-corrected chi connectivity index (χ2v) is 10.8. The third kappa shape index (κ3) is 4.03. The number of rotatable bonds is 4. The van der Waals surface area contributed by atoms with E-state index in [1.165, 1.54) is 22.0 Å². The van der Waals surface area contributed by atoms with Crippen molar-refractivity contribution in [1.29, 1.82) is 0 Å². The van der Waals surface area contributed by atoms with Crippen molar-refractivity contribution in [2.45, 2.75) is 31.3 Å². The number of nitrogens with zero attached hydrogens (tertiary/aromatic N) is 2. The Labute approximate surface area is 186 Å². The number of piperazine rings is 1. The molecule has 0 bridgehead atoms. The molecule has 3 N–H and O–H groups in total. The van der Waals surface area contributed by atoms with Crippen LogP contribution in [0.1, 0.15) is 47.4 Å². The Morgan fingerprint density at radius 2 is 1.72 bits per heavy atom. The summed E-state index contributed by atoms with van der Waals surface area (Å²) in [5.41, 5.74) is 7.66. The van der Waals surface area contributed by atoms with E-state index in [1.54, 1.807) is 4.90 Å². The van der Waals surface area contributed by atoms with E-state index in [0.29, 0.717) is 5.69 Å². The van der Waals surface area contributed by atoms with Crippen LogP contribution in [0.2, 0.25) is 0 Å². The first kappa shape index (κ1) is 22.1. The van der Waals surface area contributed by atoms with Gasteiger partial charge >= 0.3 is 0 Å². The maximum atomic E-state index is 13.0. The quantitative estimate of drug-likeness (QED) is 0.620. The van der Waals surface area contributed by atoms with Gasteiger partial charge in [0.05, 0.1) is 0 Å². The van der Waals surface area contributed by atoms with E-state index in [0.717, 1.165) is 10.9 Å². The van der Waals surface area contributed by atoms with E-state index in [9.17, 15) is 18.0 Å². The highest BCUT2D eigenvalue weighted by Gasteiger charge is 2.33. The molecule has 1 aromatic carbocycles. The molecule has 3 aromatic rings. The summed E-state index contributed by atoms with van der Waals surface area (Å²) < 4.78 is 31.9. The summed E-state index contributed by atoms with van der Waals surface area (Å²) >= 11 is 0. The average molecular weight is 459 g/mol. The van der Waals surface area contributed by atoms with Gasteiger partial charge in [-0.2, -0.15) is 4.31 Å². The van der Waals surface area contributed by atoms with Gasteiger partial charge in [0.15, 0.2) is 5.76 Å². The van der Waals surface area contributed by atoms with Crippen LogP contribution in [0.15, 0.2) is 45.9 Å². The third-order valence-electron chi connectivity index (χ3n) is 5.66. The number of amides is 2. The monoisotopic (exact) mass is 458 g/mol. The molecule has 1 aliphatic heterocycles. The first-order chi connectivity index (χ1) is 15.0. The van der Waals surface area contributed by atoms with Crippen LogP contribution in [0.25, 0.3) is 10.9 Å². The Bertz CT molecular complexity index is 1290. The average Bonchev–Trinajstić information content (AvgIpc) is 3.40. The van der Waals surface area contributed by atoms with Crippen molar-refractivity contribution in [2.75, 3.05) is 26.2 Å². The third-order valence-corrected chi connectivity index (χ3v) is 7.44. The molecule has 1 aliphatic rings. The van der Waals surface area contributed by atoms with Gasteiger partial charge in [-0.1, -0.05) is 32.9 Å². The molecule has 0 spiro atoms. The van der Waals surface area contributed by atoms with E-state index < -0.39 is 15.9 Å². The Balaban J connectivity index is 1.47. The van der Waals surface area contributed by atoms with Crippen LogP contribution in [0.4, 0.5) is 0 Å². The van der Waals surface area contributed by atoms with Crippen molar-refractivity contribution in [3.05, 3.63) is 53.4 Å². The van der Waals surface area contributed by atoms with E-state index in [2.05, 4.69) is 37.9 Å². The fourth-order valence-corrected chi connectivity index (χ4v) is 5.06. The summed E-state index contributed by atoms with van der Waals surface area (Å²) in [5, 5.41) is 0.613. The number of furan rings is 1. The predicted molar refractivity (Wildman–Crippen MR) is 119 cm³/mol. The van der Waals surface area contributed by atoms with Gasteiger partial charge in [0.2, 0.25) is 5.09 Å². The number of aromatic amines is 1. The van der Waals surface area contributed by atoms with E-state index >= 15 is 0 Å². The molecule has 0 saturated carbocycles. The van der Waals surface area contributed by atoms with Crippen molar-refractivity contribution in [3.8, 4) is 0 Å². The predicted octanol–water partition coefficient (Wildman–Crippen LogP) is 2.30. The van der Waals surface area contributed by atoms with Gasteiger partial charge in [-0.25, -0.2) is 8.42 Å². The van der Waals surface area contributed by atoms with E-state index in [-0.39, 0.29) is 48.4 Å². The Morgan fingerprint density at radius 3 is 2.31 bits per heavy atom. The minimum absolute atomic E-state index is 0.00249. The topological polar surface area (TPSA) is 130 Å². The molecule has 1 saturated heterocycles. The SMILES string of the molecule is CC(C)(C)c1ccc2cc(C(=O)N3CCN(S(=O)(=O)c4ccc(C(N)=O)o4)CC3)[nH]c2c1. The summed E-state index contributed by atoms with van der Waals surface area (Å²) in [7, 11) is -3.91. The fourth-order valence-electron chi connectivity index (χ4n) is 3.73. The number of carbonyl (C=O) groups is 2. The number of fused-ring (bicyclic) bond motifs is 1. The van der Waals surface area contributed by atoms with E-state index in [4.69, 9.17) is 10.2 Å². The zero-order valence-corrected chi connectivity index (χ0v) is 19.0. The van der Waals surface area contributed by atoms with Crippen LogP contribution in [-0.2, 0) is 15.4 Å². The van der Waals surface area contributed by atoms with Crippen molar-refractivity contribution in [1.82, 2.24) is 14.2 Å². The van der Waals surface area contributed by atoms with Gasteiger partial charge in [-0.05, 0) is 35.2 Å². The van der Waals surface area contributed by atoms with Gasteiger partial charge in [0.1, 0.15) is 5.69 Å². The molecule has 3 heterocycles. The van der Waals surface area contributed by atoms with Crippen LogP contribution >= 0.6 is 0 Å². The highest BCUT2D eigenvalue weighted by molar-refractivity contribution is 7.89. The fraction of sp³-hybridized carbons (Fsp3) is 0.364. The molecule has 0 aliphatic carbocycles. The smallest absolute Gasteiger partial charge is 0.284 e. The van der Waals surface area contributed by atoms with Gasteiger partial charge in [0, 0.05) is 37.1 Å².